The topological polar surface area (TPSA) is 88.7 Å². The number of ether oxygens (including phenoxy) is 1. The summed E-state index contributed by atoms with van der Waals surface area (Å²) in [6.45, 7) is 0.345. The maximum atomic E-state index is 11.8. The number of nitrogens with one attached hydrogen (secondary N) is 2. The molecule has 0 radical (unpaired) electrons. The summed E-state index contributed by atoms with van der Waals surface area (Å²) in [6, 6.07) is 10.0. The molecule has 25 heavy (non-hydrogen) atoms. The number of hydrogen-bond acceptors (Lipinski definition) is 4. The molecule has 0 atom stereocenters. The van der Waals surface area contributed by atoms with Crippen LogP contribution in [-0.4, -0.2) is 29.6 Å². The third-order valence-electron chi connectivity index (χ3n) is 4.13. The average molecular weight is 362 g/mol. The molecule has 1 aliphatic rings. The standard InChI is InChI=1S/C18H26N4O2S/c19-17(25)22-21-16(14-8-3-1-4-9-14)12-7-13-24-18(23)20-15-10-5-2-6-11-15/h1,3-4,8-9,15H,2,5-7,10-13H2,(H,20,23)(H3,19,22,25). The largest absolute Gasteiger partial charge is 0.450 e. The van der Waals surface area contributed by atoms with E-state index in [0.29, 0.717) is 19.4 Å². The number of thiocarbonyl (C=S) groups is 1. The molecule has 136 valence electrons. The second-order valence-electron chi connectivity index (χ2n) is 6.12. The minimum absolute atomic E-state index is 0.122. The Balaban J connectivity index is 1.75. The minimum atomic E-state index is -0.327. The number of benzene rings is 1. The van der Waals surface area contributed by atoms with Gasteiger partial charge in [0.25, 0.3) is 0 Å². The molecule has 0 aromatic heterocycles. The van der Waals surface area contributed by atoms with Crippen LogP contribution >= 0.6 is 12.2 Å². The van der Waals surface area contributed by atoms with Crippen molar-refractivity contribution < 1.29 is 9.53 Å². The number of carbonyl (C=O) groups excluding carboxylic acids is 1. The lowest BCUT2D eigenvalue weighted by atomic mass is 9.96. The van der Waals surface area contributed by atoms with Crippen LogP contribution in [0.3, 0.4) is 0 Å². The summed E-state index contributed by atoms with van der Waals surface area (Å²) in [5.41, 5.74) is 9.87. The monoisotopic (exact) mass is 362 g/mol. The predicted octanol–water partition coefficient (Wildman–Crippen LogP) is 3.06. The molecular weight excluding hydrogens is 336 g/mol. The van der Waals surface area contributed by atoms with Crippen molar-refractivity contribution in [3.63, 3.8) is 0 Å². The van der Waals surface area contributed by atoms with Crippen LogP contribution in [0.25, 0.3) is 0 Å². The molecule has 1 aromatic carbocycles. The first-order valence-corrected chi connectivity index (χ1v) is 9.16. The van der Waals surface area contributed by atoms with Crippen LogP contribution in [-0.2, 0) is 4.74 Å². The fourth-order valence-electron chi connectivity index (χ4n) is 2.88. The third kappa shape index (κ3) is 7.51. The van der Waals surface area contributed by atoms with E-state index in [9.17, 15) is 4.79 Å². The first kappa shape index (κ1) is 19.2. The summed E-state index contributed by atoms with van der Waals surface area (Å²) in [5, 5.41) is 7.31. The predicted molar refractivity (Wildman–Crippen MR) is 103 cm³/mol. The highest BCUT2D eigenvalue weighted by atomic mass is 32.1. The van der Waals surface area contributed by atoms with E-state index in [4.69, 9.17) is 22.7 Å². The number of hydrazone groups is 1. The summed E-state index contributed by atoms with van der Waals surface area (Å²) in [7, 11) is 0. The molecule has 0 spiro atoms. The Morgan fingerprint density at radius 1 is 1.24 bits per heavy atom. The van der Waals surface area contributed by atoms with E-state index in [0.717, 1.165) is 24.1 Å². The van der Waals surface area contributed by atoms with Crippen LogP contribution in [0, 0.1) is 0 Å². The van der Waals surface area contributed by atoms with Gasteiger partial charge in [0.1, 0.15) is 0 Å². The first-order chi connectivity index (χ1) is 12.1. The molecule has 1 aromatic rings. The Labute approximate surface area is 154 Å². The van der Waals surface area contributed by atoms with Crippen molar-refractivity contribution in [2.45, 2.75) is 51.0 Å². The van der Waals surface area contributed by atoms with Gasteiger partial charge in [0, 0.05) is 6.04 Å². The van der Waals surface area contributed by atoms with E-state index < -0.39 is 0 Å². The van der Waals surface area contributed by atoms with Crippen molar-refractivity contribution in [2.24, 2.45) is 10.8 Å². The van der Waals surface area contributed by atoms with Gasteiger partial charge in [-0.3, -0.25) is 5.43 Å². The van der Waals surface area contributed by atoms with Crippen molar-refractivity contribution >= 4 is 29.1 Å². The number of rotatable bonds is 7. The van der Waals surface area contributed by atoms with Crippen LogP contribution in [0.15, 0.2) is 35.4 Å². The Bertz CT molecular complexity index is 586. The van der Waals surface area contributed by atoms with Crippen molar-refractivity contribution in [1.29, 1.82) is 0 Å². The van der Waals surface area contributed by atoms with E-state index in [2.05, 4.69) is 15.8 Å². The molecule has 1 fully saturated rings. The van der Waals surface area contributed by atoms with E-state index in [1.165, 1.54) is 19.3 Å². The molecule has 1 saturated carbocycles. The van der Waals surface area contributed by atoms with Gasteiger partial charge in [-0.05, 0) is 43.5 Å². The molecule has 0 saturated heterocycles. The van der Waals surface area contributed by atoms with E-state index in [1.807, 2.05) is 30.3 Å². The average Bonchev–Trinajstić information content (AvgIpc) is 2.62. The normalized spacial score (nSPS) is 15.4. The fourth-order valence-corrected chi connectivity index (χ4v) is 2.92. The van der Waals surface area contributed by atoms with Crippen molar-refractivity contribution in [3.05, 3.63) is 35.9 Å². The Morgan fingerprint density at radius 3 is 2.64 bits per heavy atom. The number of alkyl carbamates (subject to hydrolysis) is 1. The number of carbonyl (C=O) groups is 1. The van der Waals surface area contributed by atoms with Gasteiger partial charge >= 0.3 is 6.09 Å². The molecule has 0 bridgehead atoms. The Morgan fingerprint density at radius 2 is 1.96 bits per heavy atom. The van der Waals surface area contributed by atoms with Gasteiger partial charge in [0.2, 0.25) is 0 Å². The lowest BCUT2D eigenvalue weighted by Gasteiger charge is -2.22. The van der Waals surface area contributed by atoms with Crippen LogP contribution in [0.4, 0.5) is 4.79 Å². The second kappa shape index (κ2) is 10.7. The van der Waals surface area contributed by atoms with Gasteiger partial charge in [-0.15, -0.1) is 0 Å². The minimum Gasteiger partial charge on any atom is -0.450 e. The van der Waals surface area contributed by atoms with Gasteiger partial charge in [0.05, 0.1) is 12.3 Å². The van der Waals surface area contributed by atoms with Gasteiger partial charge in [-0.25, -0.2) is 4.79 Å². The van der Waals surface area contributed by atoms with Gasteiger partial charge in [-0.2, -0.15) is 5.10 Å². The number of nitrogens with zero attached hydrogens (tertiary/aromatic N) is 1. The van der Waals surface area contributed by atoms with Crippen molar-refractivity contribution in [1.82, 2.24) is 10.7 Å². The maximum absolute atomic E-state index is 11.8. The zero-order valence-electron chi connectivity index (χ0n) is 14.4. The Hall–Kier alpha value is -2.15. The smallest absolute Gasteiger partial charge is 0.407 e. The molecule has 1 aliphatic carbocycles. The number of hydrogen-bond donors (Lipinski definition) is 3. The summed E-state index contributed by atoms with van der Waals surface area (Å²) in [4.78, 5) is 11.8. The van der Waals surface area contributed by atoms with Gasteiger partial charge in [-0.1, -0.05) is 49.6 Å². The highest BCUT2D eigenvalue weighted by Crippen LogP contribution is 2.17. The molecule has 0 heterocycles. The Kier molecular flexibility index (Phi) is 8.18. The summed E-state index contributed by atoms with van der Waals surface area (Å²) >= 11 is 4.79. The quantitative estimate of drug-likeness (QED) is 0.300. The van der Waals surface area contributed by atoms with E-state index in [1.54, 1.807) is 0 Å². The lowest BCUT2D eigenvalue weighted by molar-refractivity contribution is 0.138. The summed E-state index contributed by atoms with van der Waals surface area (Å²) in [5.74, 6) is 0. The SMILES string of the molecule is NC(=S)NN=C(CCCOC(=O)NC1CCCCC1)c1ccccc1. The molecular formula is C18H26N4O2S. The van der Waals surface area contributed by atoms with E-state index >= 15 is 0 Å². The molecule has 0 aliphatic heterocycles. The molecule has 4 N–H and O–H groups in total. The zero-order chi connectivity index (χ0) is 17.9. The summed E-state index contributed by atoms with van der Waals surface area (Å²) in [6.07, 6.45) is 6.70. The number of amides is 1. The summed E-state index contributed by atoms with van der Waals surface area (Å²) < 4.78 is 5.28. The van der Waals surface area contributed by atoms with Gasteiger partial charge in [0.15, 0.2) is 5.11 Å². The maximum Gasteiger partial charge on any atom is 0.407 e. The lowest BCUT2D eigenvalue weighted by Crippen LogP contribution is -2.36. The molecule has 0 unspecified atom stereocenters. The highest BCUT2D eigenvalue weighted by Gasteiger charge is 2.16. The highest BCUT2D eigenvalue weighted by molar-refractivity contribution is 7.80. The zero-order valence-corrected chi connectivity index (χ0v) is 15.2. The van der Waals surface area contributed by atoms with Crippen molar-refractivity contribution in [3.8, 4) is 0 Å². The fraction of sp³-hybridized carbons (Fsp3) is 0.500. The molecule has 6 nitrogen and oxygen atoms in total. The van der Waals surface area contributed by atoms with E-state index in [-0.39, 0.29) is 17.2 Å². The van der Waals surface area contributed by atoms with Gasteiger partial charge < -0.3 is 15.8 Å². The molecule has 2 rings (SSSR count). The van der Waals surface area contributed by atoms with Crippen LogP contribution < -0.4 is 16.5 Å². The van der Waals surface area contributed by atoms with Crippen molar-refractivity contribution in [2.75, 3.05) is 6.61 Å². The number of nitrogens with two attached hydrogens (primary N) is 1. The third-order valence-corrected chi connectivity index (χ3v) is 4.22. The van der Waals surface area contributed by atoms with Crippen LogP contribution in [0.2, 0.25) is 0 Å². The first-order valence-electron chi connectivity index (χ1n) is 8.76. The second-order valence-corrected chi connectivity index (χ2v) is 6.56. The van der Waals surface area contributed by atoms with Crippen LogP contribution in [0.5, 0.6) is 0 Å². The molecule has 7 heteroatoms. The molecule has 1 amide bonds. The van der Waals surface area contributed by atoms with Crippen LogP contribution in [0.1, 0.15) is 50.5 Å².